The standard InChI is InChI=1S/C20H24N9O4S2/c1-29(2)9-11(10-29)26-35(32,33)16-7-6-13(12-4-3-5-15-14(12)8-17(21)23-15)18(19(16)34(22,30)31)20-24-27-28-25-20/h3-8,11,23,26H,9-10,21H2,1-2H3,(H2,22,30,31)(H,24,25,27,28)/q+1. The first-order valence-electron chi connectivity index (χ1n) is 10.5. The zero-order chi connectivity index (χ0) is 25.2. The number of nitrogens with one attached hydrogen (secondary N) is 3. The summed E-state index contributed by atoms with van der Waals surface area (Å²) < 4.78 is 55.8. The summed E-state index contributed by atoms with van der Waals surface area (Å²) in [7, 11) is -4.89. The number of aromatic nitrogens is 5. The van der Waals surface area contributed by atoms with Crippen molar-refractivity contribution >= 4 is 36.8 Å². The number of rotatable bonds is 6. The van der Waals surface area contributed by atoms with Crippen LogP contribution in [0, 0.1) is 0 Å². The Hall–Kier alpha value is -3.37. The molecule has 0 unspecified atom stereocenters. The molecule has 0 aliphatic carbocycles. The molecule has 35 heavy (non-hydrogen) atoms. The van der Waals surface area contributed by atoms with E-state index in [0.717, 1.165) is 0 Å². The second kappa shape index (κ2) is 7.82. The van der Waals surface area contributed by atoms with Gasteiger partial charge >= 0.3 is 0 Å². The van der Waals surface area contributed by atoms with Gasteiger partial charge in [0.2, 0.25) is 20.0 Å². The highest BCUT2D eigenvalue weighted by Gasteiger charge is 2.41. The predicted octanol–water partition coefficient (Wildman–Crippen LogP) is -0.0185. The lowest BCUT2D eigenvalue weighted by Crippen LogP contribution is -2.67. The summed E-state index contributed by atoms with van der Waals surface area (Å²) >= 11 is 0. The number of primary sulfonamides is 1. The van der Waals surface area contributed by atoms with Gasteiger partial charge in [-0.2, -0.15) is 4.72 Å². The summed E-state index contributed by atoms with van der Waals surface area (Å²) in [6.07, 6.45) is 0. The fourth-order valence-electron chi connectivity index (χ4n) is 4.69. The van der Waals surface area contributed by atoms with E-state index in [2.05, 4.69) is 30.3 Å². The molecule has 1 fully saturated rings. The molecule has 2 aromatic heterocycles. The van der Waals surface area contributed by atoms with E-state index in [1.807, 2.05) is 20.2 Å². The van der Waals surface area contributed by atoms with Crippen molar-refractivity contribution in [2.45, 2.75) is 15.8 Å². The monoisotopic (exact) mass is 518 g/mol. The van der Waals surface area contributed by atoms with Crippen LogP contribution in [0.25, 0.3) is 33.4 Å². The maximum Gasteiger partial charge on any atom is 0.242 e. The maximum atomic E-state index is 13.4. The number of tetrazole rings is 1. The normalized spacial score (nSPS) is 16.4. The van der Waals surface area contributed by atoms with Gasteiger partial charge in [0.05, 0.1) is 14.1 Å². The average Bonchev–Trinajstić information content (AvgIpc) is 3.39. The number of hydrogen-bond donors (Lipinski definition) is 5. The summed E-state index contributed by atoms with van der Waals surface area (Å²) in [5.74, 6) is 0.357. The number of likely N-dealkylation sites (N-methyl/N-ethyl adjacent to an activating group) is 1. The average molecular weight is 519 g/mol. The molecule has 0 radical (unpaired) electrons. The first-order valence-corrected chi connectivity index (χ1v) is 13.5. The summed E-state index contributed by atoms with van der Waals surface area (Å²) in [6.45, 7) is 1.13. The second-order valence-corrected chi connectivity index (χ2v) is 12.4. The second-order valence-electron chi connectivity index (χ2n) is 9.22. The minimum atomic E-state index is -4.57. The third-order valence-corrected chi connectivity index (χ3v) is 8.69. The summed E-state index contributed by atoms with van der Waals surface area (Å²) in [4.78, 5) is 1.94. The number of sulfonamides is 2. The number of hydrogen-bond acceptors (Lipinski definition) is 8. The van der Waals surface area contributed by atoms with Gasteiger partial charge in [-0.1, -0.05) is 18.2 Å². The molecule has 2 aromatic carbocycles. The van der Waals surface area contributed by atoms with Gasteiger partial charge in [-0.15, -0.1) is 5.10 Å². The van der Waals surface area contributed by atoms with Crippen LogP contribution in [0.3, 0.4) is 0 Å². The number of nitrogens with zero attached hydrogens (tertiary/aromatic N) is 4. The van der Waals surface area contributed by atoms with E-state index in [1.54, 1.807) is 18.2 Å². The number of nitrogen functional groups attached to an aromatic ring is 1. The Morgan fingerprint density at radius 2 is 1.83 bits per heavy atom. The Morgan fingerprint density at radius 1 is 1.09 bits per heavy atom. The zero-order valence-electron chi connectivity index (χ0n) is 18.8. The highest BCUT2D eigenvalue weighted by Crippen LogP contribution is 2.41. The molecule has 1 aliphatic rings. The van der Waals surface area contributed by atoms with Crippen LogP contribution in [0.4, 0.5) is 5.82 Å². The van der Waals surface area contributed by atoms with Crippen LogP contribution in [0.15, 0.2) is 46.2 Å². The van der Waals surface area contributed by atoms with Crippen molar-refractivity contribution < 1.29 is 21.3 Å². The highest BCUT2D eigenvalue weighted by atomic mass is 32.2. The lowest BCUT2D eigenvalue weighted by atomic mass is 9.96. The fourth-order valence-corrected chi connectivity index (χ4v) is 7.52. The van der Waals surface area contributed by atoms with E-state index in [-0.39, 0.29) is 17.4 Å². The Balaban J connectivity index is 1.78. The van der Waals surface area contributed by atoms with Crippen molar-refractivity contribution in [2.75, 3.05) is 32.9 Å². The summed E-state index contributed by atoms with van der Waals surface area (Å²) in [6, 6.07) is 9.44. The number of quaternary nitrogens is 1. The van der Waals surface area contributed by atoms with Crippen LogP contribution in [0.2, 0.25) is 0 Å². The van der Waals surface area contributed by atoms with Crippen LogP contribution < -0.4 is 15.6 Å². The summed E-state index contributed by atoms with van der Waals surface area (Å²) in [5.41, 5.74) is 7.53. The lowest BCUT2D eigenvalue weighted by molar-refractivity contribution is -0.930. The molecule has 0 amide bonds. The highest BCUT2D eigenvalue weighted by molar-refractivity contribution is 7.92. The molecule has 15 heteroatoms. The van der Waals surface area contributed by atoms with Crippen molar-refractivity contribution in [2.24, 2.45) is 5.14 Å². The predicted molar refractivity (Wildman–Crippen MR) is 129 cm³/mol. The molecule has 1 saturated heterocycles. The Labute approximate surface area is 201 Å². The van der Waals surface area contributed by atoms with Crippen LogP contribution in [-0.2, 0) is 20.0 Å². The summed E-state index contributed by atoms with van der Waals surface area (Å²) in [5, 5.41) is 19.8. The first kappa shape index (κ1) is 23.4. The molecule has 3 heterocycles. The SMILES string of the molecule is C[N+]1(C)CC(NS(=O)(=O)c2ccc(-c3cccc4[nH]c(N)cc34)c(-c3nnn[nH]3)c2S(N)(=O)=O)C1. The number of benzene rings is 2. The number of anilines is 1. The van der Waals surface area contributed by atoms with Crippen molar-refractivity contribution in [3.8, 4) is 22.5 Å². The minimum Gasteiger partial charge on any atom is -0.385 e. The lowest BCUT2D eigenvalue weighted by Gasteiger charge is -2.44. The van der Waals surface area contributed by atoms with Gasteiger partial charge in [0, 0.05) is 16.5 Å². The quantitative estimate of drug-likeness (QED) is 0.219. The molecule has 5 rings (SSSR count). The molecule has 184 valence electrons. The Bertz CT molecular complexity index is 1650. The molecule has 0 bridgehead atoms. The molecule has 7 N–H and O–H groups in total. The van der Waals surface area contributed by atoms with Crippen molar-refractivity contribution in [3.63, 3.8) is 0 Å². The molecule has 0 spiro atoms. The molecular weight excluding hydrogens is 494 g/mol. The molecule has 13 nitrogen and oxygen atoms in total. The molecule has 4 aromatic rings. The number of H-pyrrole nitrogens is 2. The molecular formula is C20H24N9O4S2+. The van der Waals surface area contributed by atoms with Gasteiger partial charge in [-0.3, -0.25) is 0 Å². The first-order chi connectivity index (χ1) is 16.4. The third-order valence-electron chi connectivity index (χ3n) is 6.00. The van der Waals surface area contributed by atoms with E-state index < -0.39 is 29.8 Å². The van der Waals surface area contributed by atoms with Crippen LogP contribution in [-0.4, -0.2) is 80.2 Å². The van der Waals surface area contributed by atoms with Gasteiger partial charge < -0.3 is 15.2 Å². The minimum absolute atomic E-state index is 0.0528. The van der Waals surface area contributed by atoms with Crippen molar-refractivity contribution in [3.05, 3.63) is 36.4 Å². The topological polar surface area (TPSA) is 203 Å². The smallest absolute Gasteiger partial charge is 0.242 e. The number of nitrogens with two attached hydrogens (primary N) is 2. The van der Waals surface area contributed by atoms with E-state index in [9.17, 15) is 16.8 Å². The number of aromatic amines is 2. The van der Waals surface area contributed by atoms with Gasteiger partial charge in [0.1, 0.15) is 34.7 Å². The van der Waals surface area contributed by atoms with Crippen LogP contribution in [0.1, 0.15) is 0 Å². The van der Waals surface area contributed by atoms with E-state index >= 15 is 0 Å². The third kappa shape index (κ3) is 4.17. The van der Waals surface area contributed by atoms with Gasteiger partial charge in [0.25, 0.3) is 0 Å². The number of likely N-dealkylation sites (tertiary alicyclic amines) is 1. The van der Waals surface area contributed by atoms with Crippen molar-refractivity contribution in [1.82, 2.24) is 30.3 Å². The zero-order valence-corrected chi connectivity index (χ0v) is 20.5. The van der Waals surface area contributed by atoms with E-state index in [1.165, 1.54) is 12.1 Å². The maximum absolute atomic E-state index is 13.4. The molecule has 0 atom stereocenters. The van der Waals surface area contributed by atoms with E-state index in [0.29, 0.717) is 45.4 Å². The fraction of sp³-hybridized carbons (Fsp3) is 0.250. The van der Waals surface area contributed by atoms with Gasteiger partial charge in [-0.25, -0.2) is 27.1 Å². The number of fused-ring (bicyclic) bond motifs is 1. The molecule has 0 saturated carbocycles. The van der Waals surface area contributed by atoms with E-state index in [4.69, 9.17) is 10.9 Å². The van der Waals surface area contributed by atoms with Crippen LogP contribution in [0.5, 0.6) is 0 Å². The van der Waals surface area contributed by atoms with Gasteiger partial charge in [0.15, 0.2) is 5.82 Å². The van der Waals surface area contributed by atoms with Crippen LogP contribution >= 0.6 is 0 Å². The van der Waals surface area contributed by atoms with Gasteiger partial charge in [-0.05, 0) is 39.8 Å². The van der Waals surface area contributed by atoms with Crippen molar-refractivity contribution in [1.29, 1.82) is 0 Å². The largest absolute Gasteiger partial charge is 0.385 e. The molecule has 1 aliphatic heterocycles. The Morgan fingerprint density at radius 3 is 2.46 bits per heavy atom. The Kier molecular flexibility index (Phi) is 5.22.